The topological polar surface area (TPSA) is 6.48 Å². The molecule has 12 rings (SSSR count). The van der Waals surface area contributed by atoms with E-state index in [1.165, 1.54) is 95.2 Å². The summed E-state index contributed by atoms with van der Waals surface area (Å²) in [6.07, 6.45) is 0. The Morgan fingerprint density at radius 2 is 0.677 bits per heavy atom. The lowest BCUT2D eigenvalue weighted by atomic mass is 9.84. The highest BCUT2D eigenvalue weighted by atomic mass is 32.1. The SMILES string of the molecule is CC(C)c1cc(N(c2ccccc2)c2ccc3sc4ccccc4c3c2)c2ccc3c(C(C)C)cc(N(c4ccccc4)c4ccc5sc6ccccc6c5c4)c4ccc1c2c34. The Morgan fingerprint density at radius 1 is 0.306 bits per heavy atom. The lowest BCUT2D eigenvalue weighted by molar-refractivity contribution is 0.875. The summed E-state index contributed by atoms with van der Waals surface area (Å²) < 4.78 is 5.26. The van der Waals surface area contributed by atoms with Crippen molar-refractivity contribution in [1.29, 1.82) is 0 Å². The summed E-state index contributed by atoms with van der Waals surface area (Å²) in [7, 11) is 0. The van der Waals surface area contributed by atoms with Gasteiger partial charge in [-0.05, 0) is 129 Å². The van der Waals surface area contributed by atoms with Gasteiger partial charge in [0.15, 0.2) is 0 Å². The molecule has 0 atom stereocenters. The van der Waals surface area contributed by atoms with Crippen molar-refractivity contribution < 1.29 is 0 Å². The minimum Gasteiger partial charge on any atom is -0.310 e. The predicted molar refractivity (Wildman–Crippen MR) is 273 cm³/mol. The molecule has 0 unspecified atom stereocenters. The third-order valence-corrected chi connectivity index (χ3v) is 15.2. The Labute approximate surface area is 369 Å². The summed E-state index contributed by atoms with van der Waals surface area (Å²) >= 11 is 3.74. The second-order valence-corrected chi connectivity index (χ2v) is 19.4. The predicted octanol–water partition coefficient (Wildman–Crippen LogP) is 18.5. The maximum atomic E-state index is 2.50. The number of benzene rings is 10. The molecule has 4 heteroatoms. The van der Waals surface area contributed by atoms with Gasteiger partial charge in [0.1, 0.15) is 0 Å². The van der Waals surface area contributed by atoms with E-state index in [4.69, 9.17) is 0 Å². The fraction of sp³-hybridized carbons (Fsp3) is 0.103. The quantitative estimate of drug-likeness (QED) is 0.141. The highest BCUT2D eigenvalue weighted by Gasteiger charge is 2.26. The Morgan fingerprint density at radius 3 is 1.10 bits per heavy atom. The molecule has 0 aliphatic heterocycles. The maximum Gasteiger partial charge on any atom is 0.0543 e. The normalized spacial score (nSPS) is 12.2. The van der Waals surface area contributed by atoms with Crippen molar-refractivity contribution in [1.82, 2.24) is 0 Å². The smallest absolute Gasteiger partial charge is 0.0543 e. The Hall–Kier alpha value is -6.72. The van der Waals surface area contributed by atoms with E-state index >= 15 is 0 Å². The molecule has 0 saturated carbocycles. The van der Waals surface area contributed by atoms with Crippen LogP contribution in [-0.2, 0) is 0 Å². The van der Waals surface area contributed by atoms with E-state index in [9.17, 15) is 0 Å². The molecule has 0 bridgehead atoms. The molecule has 0 amide bonds. The molecule has 2 heterocycles. The summed E-state index contributed by atoms with van der Waals surface area (Å²) in [6, 6.07) is 68.2. The first kappa shape index (κ1) is 37.1. The molecule has 0 aliphatic rings. The van der Waals surface area contributed by atoms with Gasteiger partial charge in [0.2, 0.25) is 0 Å². The molecular formula is C58H44N2S2. The van der Waals surface area contributed by atoms with Crippen LogP contribution in [0.2, 0.25) is 0 Å². The minimum atomic E-state index is 0.302. The number of hydrogen-bond donors (Lipinski definition) is 0. The van der Waals surface area contributed by atoms with Crippen LogP contribution in [0.5, 0.6) is 0 Å². The van der Waals surface area contributed by atoms with Crippen LogP contribution in [0.1, 0.15) is 50.7 Å². The molecule has 0 spiro atoms. The molecule has 62 heavy (non-hydrogen) atoms. The molecule has 0 aliphatic carbocycles. The Balaban J connectivity index is 1.17. The number of hydrogen-bond acceptors (Lipinski definition) is 4. The average Bonchev–Trinajstić information content (AvgIpc) is 3.87. The van der Waals surface area contributed by atoms with Crippen molar-refractivity contribution in [3.05, 3.63) is 193 Å². The van der Waals surface area contributed by atoms with Crippen LogP contribution in [0.4, 0.5) is 34.1 Å². The van der Waals surface area contributed by atoms with Crippen LogP contribution < -0.4 is 9.80 Å². The third kappa shape index (κ3) is 5.74. The largest absolute Gasteiger partial charge is 0.310 e. The molecule has 2 aromatic heterocycles. The summed E-state index contributed by atoms with van der Waals surface area (Å²) in [5.74, 6) is 0.604. The minimum absolute atomic E-state index is 0.302. The number of nitrogens with zero attached hydrogens (tertiary/aromatic N) is 2. The van der Waals surface area contributed by atoms with Crippen molar-refractivity contribution in [2.45, 2.75) is 39.5 Å². The van der Waals surface area contributed by atoms with Gasteiger partial charge in [-0.2, -0.15) is 0 Å². The van der Waals surface area contributed by atoms with Gasteiger partial charge in [-0.3, -0.25) is 0 Å². The zero-order chi connectivity index (χ0) is 41.6. The maximum absolute atomic E-state index is 2.50. The Kier molecular flexibility index (Phi) is 8.64. The lowest BCUT2D eigenvalue weighted by Crippen LogP contribution is -2.13. The lowest BCUT2D eigenvalue weighted by Gasteiger charge is -2.31. The first-order chi connectivity index (χ1) is 30.4. The number of thiophene rings is 2. The van der Waals surface area contributed by atoms with E-state index in [1.807, 2.05) is 22.7 Å². The fourth-order valence-electron chi connectivity index (χ4n) is 10.0. The molecule has 0 N–H and O–H groups in total. The molecule has 0 saturated heterocycles. The van der Waals surface area contributed by atoms with Crippen molar-refractivity contribution in [3.8, 4) is 0 Å². The van der Waals surface area contributed by atoms with Gasteiger partial charge in [-0.25, -0.2) is 0 Å². The van der Waals surface area contributed by atoms with E-state index in [0.717, 1.165) is 22.7 Å². The summed E-state index contributed by atoms with van der Waals surface area (Å²) in [5, 5.41) is 13.0. The third-order valence-electron chi connectivity index (χ3n) is 12.9. The van der Waals surface area contributed by atoms with Gasteiger partial charge >= 0.3 is 0 Å². The van der Waals surface area contributed by atoms with Crippen molar-refractivity contribution >= 4 is 129 Å². The van der Waals surface area contributed by atoms with Gasteiger partial charge < -0.3 is 9.80 Å². The number of anilines is 6. The Bertz CT molecular complexity index is 3410. The molecule has 0 fully saturated rings. The van der Waals surface area contributed by atoms with Crippen LogP contribution in [0.3, 0.4) is 0 Å². The molecule has 2 nitrogen and oxygen atoms in total. The van der Waals surface area contributed by atoms with Crippen molar-refractivity contribution in [2.75, 3.05) is 9.80 Å². The summed E-state index contributed by atoms with van der Waals surface area (Å²) in [6.45, 7) is 9.38. The molecule has 10 aromatic carbocycles. The van der Waals surface area contributed by atoms with E-state index < -0.39 is 0 Å². The molecule has 12 aromatic rings. The van der Waals surface area contributed by atoms with E-state index in [2.05, 4.69) is 219 Å². The second-order valence-electron chi connectivity index (χ2n) is 17.2. The highest BCUT2D eigenvalue weighted by Crippen LogP contribution is 2.52. The van der Waals surface area contributed by atoms with E-state index in [0.29, 0.717) is 11.8 Å². The summed E-state index contributed by atoms with van der Waals surface area (Å²) in [4.78, 5) is 5.01. The van der Waals surface area contributed by atoms with Crippen LogP contribution in [0.15, 0.2) is 182 Å². The van der Waals surface area contributed by atoms with Gasteiger partial charge in [-0.15, -0.1) is 22.7 Å². The average molecular weight is 833 g/mol. The van der Waals surface area contributed by atoms with Crippen LogP contribution in [0, 0.1) is 0 Å². The number of rotatable bonds is 8. The van der Waals surface area contributed by atoms with Gasteiger partial charge in [0.05, 0.1) is 11.4 Å². The van der Waals surface area contributed by atoms with Crippen molar-refractivity contribution in [2.24, 2.45) is 0 Å². The molecule has 0 radical (unpaired) electrons. The monoisotopic (exact) mass is 832 g/mol. The van der Waals surface area contributed by atoms with Crippen LogP contribution in [-0.4, -0.2) is 0 Å². The van der Waals surface area contributed by atoms with Crippen LogP contribution in [0.25, 0.3) is 72.7 Å². The highest BCUT2D eigenvalue weighted by molar-refractivity contribution is 7.26. The summed E-state index contributed by atoms with van der Waals surface area (Å²) in [5.41, 5.74) is 9.72. The fourth-order valence-corrected chi connectivity index (χ4v) is 12.2. The zero-order valence-electron chi connectivity index (χ0n) is 35.2. The van der Waals surface area contributed by atoms with Gasteiger partial charge in [-0.1, -0.05) is 125 Å². The van der Waals surface area contributed by atoms with E-state index in [-0.39, 0.29) is 0 Å². The van der Waals surface area contributed by atoms with Crippen LogP contribution >= 0.6 is 22.7 Å². The molecule has 298 valence electrons. The van der Waals surface area contributed by atoms with Gasteiger partial charge in [0.25, 0.3) is 0 Å². The zero-order valence-corrected chi connectivity index (χ0v) is 36.8. The standard InChI is InChI=1S/C58H44N2S2/c1-35(2)47-33-51(59(37-15-7-5-8-16-37)39-23-29-55-49(31-39)41-19-11-13-21-53(41)61-55)45-28-26-44-48(36(3)4)34-52(46-27-25-43(47)57(45)58(44)46)60(38-17-9-6-10-18-38)40-24-30-56-50(32-40)42-20-12-14-22-54(42)62-56/h5-36H,1-4H3. The van der Waals surface area contributed by atoms with Crippen molar-refractivity contribution in [3.63, 3.8) is 0 Å². The second kappa shape index (κ2) is 14.4. The van der Waals surface area contributed by atoms with E-state index in [1.54, 1.807) is 0 Å². The number of fused-ring (bicyclic) bond motifs is 6. The molecular weight excluding hydrogens is 789 g/mol. The van der Waals surface area contributed by atoms with Gasteiger partial charge in [0, 0.05) is 73.9 Å². The number of para-hydroxylation sites is 2. The first-order valence-electron chi connectivity index (χ1n) is 21.7. The first-order valence-corrected chi connectivity index (χ1v) is 23.4.